The lowest BCUT2D eigenvalue weighted by molar-refractivity contribution is -0.137. The van der Waals surface area contributed by atoms with Gasteiger partial charge in [0.25, 0.3) is 5.91 Å². The zero-order valence-corrected chi connectivity index (χ0v) is 14.9. The molecular weight excluding hydrogens is 336 g/mol. The number of hydrogen-bond acceptors (Lipinski definition) is 4. The van der Waals surface area contributed by atoms with Crippen molar-refractivity contribution < 1.29 is 19.5 Å². The van der Waals surface area contributed by atoms with Crippen molar-refractivity contribution in [1.82, 2.24) is 15.1 Å². The molecule has 0 fully saturated rings. The Morgan fingerprint density at radius 2 is 1.85 bits per heavy atom. The molecule has 0 spiro atoms. The summed E-state index contributed by atoms with van der Waals surface area (Å²) in [5.41, 5.74) is 2.62. The van der Waals surface area contributed by atoms with Gasteiger partial charge in [0.1, 0.15) is 12.2 Å². The molecule has 138 valence electrons. The summed E-state index contributed by atoms with van der Waals surface area (Å²) >= 11 is 0. The summed E-state index contributed by atoms with van der Waals surface area (Å²) in [5, 5.41) is 17.9. The maximum atomic E-state index is 12.4. The molecule has 8 nitrogen and oxygen atoms in total. The van der Waals surface area contributed by atoms with Crippen LogP contribution in [0.25, 0.3) is 0 Å². The van der Waals surface area contributed by atoms with E-state index < -0.39 is 12.5 Å². The van der Waals surface area contributed by atoms with Crippen molar-refractivity contribution in [2.24, 2.45) is 7.05 Å². The minimum Gasteiger partial charge on any atom is -0.480 e. The van der Waals surface area contributed by atoms with Gasteiger partial charge in [-0.1, -0.05) is 26.0 Å². The molecule has 8 heteroatoms. The van der Waals surface area contributed by atoms with E-state index in [1.54, 1.807) is 42.1 Å². The molecule has 1 aromatic carbocycles. The van der Waals surface area contributed by atoms with Gasteiger partial charge in [-0.3, -0.25) is 19.1 Å². The first kappa shape index (κ1) is 19.2. The van der Waals surface area contributed by atoms with Crippen LogP contribution in [-0.4, -0.2) is 39.2 Å². The summed E-state index contributed by atoms with van der Waals surface area (Å²) in [6.07, 6.45) is 0.0704. The SMILES string of the molecule is CC(C)c1cc(C(=O)Nc2ccc(CC(=O)NCC(=O)O)cc2)n(C)n1. The first-order valence-electron chi connectivity index (χ1n) is 8.19. The van der Waals surface area contributed by atoms with Gasteiger partial charge in [-0.2, -0.15) is 5.10 Å². The normalized spacial score (nSPS) is 10.6. The Labute approximate surface area is 151 Å². The van der Waals surface area contributed by atoms with Gasteiger partial charge in [0, 0.05) is 12.7 Å². The van der Waals surface area contributed by atoms with Gasteiger partial charge in [-0.15, -0.1) is 0 Å². The van der Waals surface area contributed by atoms with Crippen LogP contribution >= 0.6 is 0 Å². The Bertz CT molecular complexity index is 809. The van der Waals surface area contributed by atoms with Crippen molar-refractivity contribution in [1.29, 1.82) is 0 Å². The van der Waals surface area contributed by atoms with Crippen LogP contribution in [0.1, 0.15) is 41.5 Å². The van der Waals surface area contributed by atoms with E-state index in [-0.39, 0.29) is 24.2 Å². The molecule has 2 amide bonds. The molecule has 26 heavy (non-hydrogen) atoms. The van der Waals surface area contributed by atoms with E-state index in [0.29, 0.717) is 16.9 Å². The van der Waals surface area contributed by atoms with Crippen LogP contribution in [-0.2, 0) is 23.1 Å². The van der Waals surface area contributed by atoms with Crippen LogP contribution in [0.5, 0.6) is 0 Å². The number of aryl methyl sites for hydroxylation is 1. The summed E-state index contributed by atoms with van der Waals surface area (Å²) in [5.74, 6) is -1.50. The quantitative estimate of drug-likeness (QED) is 0.695. The van der Waals surface area contributed by atoms with Gasteiger partial charge in [0.05, 0.1) is 12.1 Å². The van der Waals surface area contributed by atoms with Crippen molar-refractivity contribution in [2.45, 2.75) is 26.2 Å². The van der Waals surface area contributed by atoms with E-state index in [1.165, 1.54) is 0 Å². The number of nitrogens with zero attached hydrogens (tertiary/aromatic N) is 2. The molecule has 2 aromatic rings. The average molecular weight is 358 g/mol. The molecule has 0 aliphatic rings. The number of carbonyl (C=O) groups is 3. The molecule has 0 bridgehead atoms. The number of rotatable bonds is 7. The summed E-state index contributed by atoms with van der Waals surface area (Å²) in [6, 6.07) is 8.56. The topological polar surface area (TPSA) is 113 Å². The van der Waals surface area contributed by atoms with Crippen molar-refractivity contribution >= 4 is 23.5 Å². The summed E-state index contributed by atoms with van der Waals surface area (Å²) in [4.78, 5) is 34.4. The lowest BCUT2D eigenvalue weighted by Gasteiger charge is -2.07. The van der Waals surface area contributed by atoms with Crippen molar-refractivity contribution in [3.8, 4) is 0 Å². The second-order valence-electron chi connectivity index (χ2n) is 6.23. The van der Waals surface area contributed by atoms with Gasteiger partial charge in [0.2, 0.25) is 5.91 Å². The summed E-state index contributed by atoms with van der Waals surface area (Å²) < 4.78 is 1.55. The summed E-state index contributed by atoms with van der Waals surface area (Å²) in [6.45, 7) is 3.61. The zero-order valence-electron chi connectivity index (χ0n) is 14.9. The first-order valence-corrected chi connectivity index (χ1v) is 8.19. The Morgan fingerprint density at radius 1 is 1.19 bits per heavy atom. The third-order valence-corrected chi connectivity index (χ3v) is 3.74. The number of nitrogens with one attached hydrogen (secondary N) is 2. The Morgan fingerprint density at radius 3 is 2.38 bits per heavy atom. The largest absolute Gasteiger partial charge is 0.480 e. The van der Waals surface area contributed by atoms with E-state index in [0.717, 1.165) is 5.69 Å². The first-order chi connectivity index (χ1) is 12.3. The molecule has 3 N–H and O–H groups in total. The smallest absolute Gasteiger partial charge is 0.322 e. The zero-order chi connectivity index (χ0) is 19.3. The highest BCUT2D eigenvalue weighted by Crippen LogP contribution is 2.16. The highest BCUT2D eigenvalue weighted by Gasteiger charge is 2.15. The third kappa shape index (κ3) is 5.17. The van der Waals surface area contributed by atoms with Gasteiger partial charge >= 0.3 is 5.97 Å². The van der Waals surface area contributed by atoms with Crippen LogP contribution < -0.4 is 10.6 Å². The van der Waals surface area contributed by atoms with Gasteiger partial charge in [-0.25, -0.2) is 0 Å². The lowest BCUT2D eigenvalue weighted by Crippen LogP contribution is -2.30. The highest BCUT2D eigenvalue weighted by atomic mass is 16.4. The predicted octanol–water partition coefficient (Wildman–Crippen LogP) is 1.54. The molecule has 2 rings (SSSR count). The molecular formula is C18H22N4O4. The molecule has 1 heterocycles. The number of carboxylic acid groups (broad SMARTS) is 1. The number of aliphatic carboxylic acids is 1. The summed E-state index contributed by atoms with van der Waals surface area (Å²) in [7, 11) is 1.72. The molecule has 0 saturated carbocycles. The standard InChI is InChI=1S/C18H22N4O4/c1-11(2)14-9-15(22(3)21-14)18(26)20-13-6-4-12(5-7-13)8-16(23)19-10-17(24)25/h4-7,9,11H,8,10H2,1-3H3,(H,19,23)(H,20,26)(H,24,25). The van der Waals surface area contributed by atoms with Crippen LogP contribution in [0.2, 0.25) is 0 Å². The van der Waals surface area contributed by atoms with E-state index >= 15 is 0 Å². The van der Waals surface area contributed by atoms with Crippen molar-refractivity contribution in [3.05, 3.63) is 47.3 Å². The highest BCUT2D eigenvalue weighted by molar-refractivity contribution is 6.03. The van der Waals surface area contributed by atoms with Crippen LogP contribution in [0.15, 0.2) is 30.3 Å². The van der Waals surface area contributed by atoms with Crippen LogP contribution in [0.4, 0.5) is 5.69 Å². The Kier molecular flexibility index (Phi) is 6.11. The van der Waals surface area contributed by atoms with Gasteiger partial charge in [0.15, 0.2) is 0 Å². The fraction of sp³-hybridized carbons (Fsp3) is 0.333. The number of anilines is 1. The number of carbonyl (C=O) groups excluding carboxylic acids is 2. The Balaban J connectivity index is 1.97. The van der Waals surface area contributed by atoms with E-state index in [9.17, 15) is 14.4 Å². The second-order valence-corrected chi connectivity index (χ2v) is 6.23. The number of aromatic nitrogens is 2. The molecule has 0 aliphatic heterocycles. The van der Waals surface area contributed by atoms with E-state index in [4.69, 9.17) is 5.11 Å². The van der Waals surface area contributed by atoms with Crippen molar-refractivity contribution in [3.63, 3.8) is 0 Å². The Hall–Kier alpha value is -3.16. The molecule has 0 radical (unpaired) electrons. The van der Waals surface area contributed by atoms with Gasteiger partial charge < -0.3 is 15.7 Å². The van der Waals surface area contributed by atoms with E-state index in [1.807, 2.05) is 13.8 Å². The maximum absolute atomic E-state index is 12.4. The number of carboxylic acids is 1. The number of benzene rings is 1. The number of hydrogen-bond donors (Lipinski definition) is 3. The maximum Gasteiger partial charge on any atom is 0.322 e. The average Bonchev–Trinajstić information content (AvgIpc) is 2.97. The van der Waals surface area contributed by atoms with Crippen molar-refractivity contribution in [2.75, 3.05) is 11.9 Å². The molecule has 0 unspecified atom stereocenters. The minimum atomic E-state index is -1.09. The fourth-order valence-electron chi connectivity index (χ4n) is 2.31. The number of amides is 2. The van der Waals surface area contributed by atoms with Crippen LogP contribution in [0, 0.1) is 0 Å². The molecule has 0 atom stereocenters. The van der Waals surface area contributed by atoms with E-state index in [2.05, 4.69) is 15.7 Å². The second kappa shape index (κ2) is 8.28. The fourth-order valence-corrected chi connectivity index (χ4v) is 2.31. The molecule has 0 saturated heterocycles. The minimum absolute atomic E-state index is 0.0704. The lowest BCUT2D eigenvalue weighted by atomic mass is 10.1. The predicted molar refractivity (Wildman–Crippen MR) is 96.0 cm³/mol. The monoisotopic (exact) mass is 358 g/mol. The molecule has 1 aromatic heterocycles. The third-order valence-electron chi connectivity index (χ3n) is 3.74. The van der Waals surface area contributed by atoms with Crippen LogP contribution in [0.3, 0.4) is 0 Å². The molecule has 0 aliphatic carbocycles. The van der Waals surface area contributed by atoms with Gasteiger partial charge in [-0.05, 0) is 29.7 Å².